The number of rotatable bonds is 2. The first-order valence-corrected chi connectivity index (χ1v) is 5.16. The Morgan fingerprint density at radius 1 is 1.31 bits per heavy atom. The molecule has 0 aliphatic carbocycles. The zero-order valence-electron chi connectivity index (χ0n) is 8.63. The average Bonchev–Trinajstić information content (AvgIpc) is 2.47. The molecule has 1 aromatic heterocycles. The standard InChI is InChI=1S/C11H16OS/c1-11(2,3)8-7-9-5-6-10(12-4)13-9/h5-8H,1-4H3/b8-7+. The van der Waals surface area contributed by atoms with Crippen LogP contribution in [0.4, 0.5) is 0 Å². The quantitative estimate of drug-likeness (QED) is 0.698. The second-order valence-electron chi connectivity index (χ2n) is 4.06. The van der Waals surface area contributed by atoms with E-state index in [9.17, 15) is 0 Å². The van der Waals surface area contributed by atoms with E-state index in [2.05, 4.69) is 39.0 Å². The van der Waals surface area contributed by atoms with Gasteiger partial charge in [0.2, 0.25) is 0 Å². The molecular formula is C11H16OS. The number of allylic oxidation sites excluding steroid dienone is 1. The van der Waals surface area contributed by atoms with E-state index in [1.165, 1.54) is 4.88 Å². The lowest BCUT2D eigenvalue weighted by atomic mass is 9.96. The maximum absolute atomic E-state index is 5.11. The molecule has 0 spiro atoms. The molecule has 1 nitrogen and oxygen atoms in total. The molecular weight excluding hydrogens is 180 g/mol. The van der Waals surface area contributed by atoms with Crippen molar-refractivity contribution in [1.82, 2.24) is 0 Å². The van der Waals surface area contributed by atoms with E-state index in [4.69, 9.17) is 4.74 Å². The van der Waals surface area contributed by atoms with Gasteiger partial charge in [-0.3, -0.25) is 0 Å². The van der Waals surface area contributed by atoms with Gasteiger partial charge in [0.25, 0.3) is 0 Å². The van der Waals surface area contributed by atoms with Gasteiger partial charge in [0.1, 0.15) is 0 Å². The van der Waals surface area contributed by atoms with Crippen LogP contribution in [0.1, 0.15) is 25.6 Å². The molecule has 0 aromatic carbocycles. The topological polar surface area (TPSA) is 9.23 Å². The van der Waals surface area contributed by atoms with Crippen molar-refractivity contribution in [2.24, 2.45) is 5.41 Å². The fourth-order valence-electron chi connectivity index (χ4n) is 0.866. The van der Waals surface area contributed by atoms with Crippen molar-refractivity contribution in [3.05, 3.63) is 23.1 Å². The van der Waals surface area contributed by atoms with Crippen LogP contribution in [0.5, 0.6) is 5.06 Å². The minimum Gasteiger partial charge on any atom is -0.487 e. The second-order valence-corrected chi connectivity index (χ2v) is 5.14. The number of ether oxygens (including phenoxy) is 1. The average molecular weight is 196 g/mol. The van der Waals surface area contributed by atoms with Crippen molar-refractivity contribution < 1.29 is 4.74 Å². The summed E-state index contributed by atoms with van der Waals surface area (Å²) in [6.45, 7) is 6.57. The van der Waals surface area contributed by atoms with Crippen LogP contribution < -0.4 is 4.74 Å². The Bertz CT molecular complexity index is 291. The van der Waals surface area contributed by atoms with E-state index in [-0.39, 0.29) is 5.41 Å². The minimum atomic E-state index is 0.247. The number of hydrogen-bond donors (Lipinski definition) is 0. The molecule has 0 bridgehead atoms. The first kappa shape index (κ1) is 10.3. The van der Waals surface area contributed by atoms with Crippen LogP contribution in [0.2, 0.25) is 0 Å². The van der Waals surface area contributed by atoms with E-state index in [1.807, 2.05) is 6.07 Å². The van der Waals surface area contributed by atoms with Gasteiger partial charge >= 0.3 is 0 Å². The van der Waals surface area contributed by atoms with E-state index >= 15 is 0 Å². The van der Waals surface area contributed by atoms with Crippen LogP contribution in [0.3, 0.4) is 0 Å². The van der Waals surface area contributed by atoms with Gasteiger partial charge in [0.15, 0.2) is 5.06 Å². The second kappa shape index (κ2) is 3.97. The molecule has 0 N–H and O–H groups in total. The summed E-state index contributed by atoms with van der Waals surface area (Å²) in [7, 11) is 1.70. The van der Waals surface area contributed by atoms with Gasteiger partial charge in [-0.2, -0.15) is 0 Å². The third kappa shape index (κ3) is 3.64. The lowest BCUT2D eigenvalue weighted by Gasteiger charge is -2.10. The van der Waals surface area contributed by atoms with Crippen molar-refractivity contribution in [1.29, 1.82) is 0 Å². The molecule has 0 aliphatic rings. The first-order valence-electron chi connectivity index (χ1n) is 4.34. The number of methoxy groups -OCH3 is 1. The van der Waals surface area contributed by atoms with E-state index < -0.39 is 0 Å². The molecule has 0 unspecified atom stereocenters. The van der Waals surface area contributed by atoms with Crippen LogP contribution >= 0.6 is 11.3 Å². The lowest BCUT2D eigenvalue weighted by molar-refractivity contribution is 0.427. The largest absolute Gasteiger partial charge is 0.487 e. The van der Waals surface area contributed by atoms with Crippen LogP contribution in [0.15, 0.2) is 18.2 Å². The van der Waals surface area contributed by atoms with Crippen LogP contribution in [-0.4, -0.2) is 7.11 Å². The maximum Gasteiger partial charge on any atom is 0.173 e. The summed E-state index contributed by atoms with van der Waals surface area (Å²) in [6.07, 6.45) is 4.35. The van der Waals surface area contributed by atoms with Crippen molar-refractivity contribution in [2.75, 3.05) is 7.11 Å². The Balaban J connectivity index is 2.69. The molecule has 0 atom stereocenters. The van der Waals surface area contributed by atoms with E-state index in [1.54, 1.807) is 18.4 Å². The van der Waals surface area contributed by atoms with E-state index in [0.717, 1.165) is 5.06 Å². The van der Waals surface area contributed by atoms with Crippen molar-refractivity contribution in [3.8, 4) is 5.06 Å². The van der Waals surface area contributed by atoms with Gasteiger partial charge in [-0.05, 0) is 23.6 Å². The SMILES string of the molecule is COc1ccc(/C=C/C(C)(C)C)s1. The van der Waals surface area contributed by atoms with E-state index in [0.29, 0.717) is 0 Å². The zero-order chi connectivity index (χ0) is 9.90. The lowest BCUT2D eigenvalue weighted by Crippen LogP contribution is -1.97. The predicted octanol–water partition coefficient (Wildman–Crippen LogP) is 3.82. The van der Waals surface area contributed by atoms with Crippen molar-refractivity contribution in [2.45, 2.75) is 20.8 Å². The molecule has 1 heterocycles. The summed E-state index contributed by atoms with van der Waals surface area (Å²) in [5.74, 6) is 0. The molecule has 0 radical (unpaired) electrons. The van der Waals surface area contributed by atoms with Crippen molar-refractivity contribution in [3.63, 3.8) is 0 Å². The number of thiophene rings is 1. The summed E-state index contributed by atoms with van der Waals surface area (Å²) in [5, 5.41) is 0.966. The fourth-order valence-corrected chi connectivity index (χ4v) is 1.59. The fraction of sp³-hybridized carbons (Fsp3) is 0.455. The summed E-state index contributed by atoms with van der Waals surface area (Å²) in [4.78, 5) is 1.24. The Labute approximate surface area is 84.1 Å². The molecule has 0 saturated carbocycles. The zero-order valence-corrected chi connectivity index (χ0v) is 9.44. The Morgan fingerprint density at radius 3 is 2.46 bits per heavy atom. The molecule has 0 amide bonds. The summed E-state index contributed by atoms with van der Waals surface area (Å²) in [6, 6.07) is 4.07. The van der Waals surface area contributed by atoms with Crippen molar-refractivity contribution >= 4 is 17.4 Å². The molecule has 0 aliphatic heterocycles. The minimum absolute atomic E-state index is 0.247. The Morgan fingerprint density at radius 2 is 2.00 bits per heavy atom. The summed E-state index contributed by atoms with van der Waals surface area (Å²) >= 11 is 1.66. The predicted molar refractivity (Wildman–Crippen MR) is 59.4 cm³/mol. The molecule has 1 rings (SSSR count). The highest BCUT2D eigenvalue weighted by atomic mass is 32.1. The molecule has 0 saturated heterocycles. The highest BCUT2D eigenvalue weighted by Crippen LogP contribution is 2.26. The Hall–Kier alpha value is -0.760. The summed E-state index contributed by atoms with van der Waals surface area (Å²) in [5.41, 5.74) is 0.247. The highest BCUT2D eigenvalue weighted by molar-refractivity contribution is 7.14. The van der Waals surface area contributed by atoms with Gasteiger partial charge in [0, 0.05) is 4.88 Å². The Kier molecular flexibility index (Phi) is 3.15. The molecule has 2 heteroatoms. The molecule has 1 aromatic rings. The van der Waals surface area contributed by atoms with Crippen LogP contribution in [-0.2, 0) is 0 Å². The van der Waals surface area contributed by atoms with Gasteiger partial charge in [-0.15, -0.1) is 0 Å². The summed E-state index contributed by atoms with van der Waals surface area (Å²) < 4.78 is 5.11. The monoisotopic (exact) mass is 196 g/mol. The van der Waals surface area contributed by atoms with Crippen LogP contribution in [0.25, 0.3) is 6.08 Å². The smallest absolute Gasteiger partial charge is 0.173 e. The highest BCUT2D eigenvalue weighted by Gasteiger charge is 2.04. The molecule has 13 heavy (non-hydrogen) atoms. The maximum atomic E-state index is 5.11. The van der Waals surface area contributed by atoms with Crippen LogP contribution in [0, 0.1) is 5.41 Å². The van der Waals surface area contributed by atoms with Gasteiger partial charge in [0.05, 0.1) is 7.11 Å². The number of hydrogen-bond acceptors (Lipinski definition) is 2. The van der Waals surface area contributed by atoms with Gasteiger partial charge < -0.3 is 4.74 Å². The molecule has 72 valence electrons. The van der Waals surface area contributed by atoms with Gasteiger partial charge in [-0.1, -0.05) is 38.2 Å². The third-order valence-electron chi connectivity index (χ3n) is 1.55. The van der Waals surface area contributed by atoms with Gasteiger partial charge in [-0.25, -0.2) is 0 Å². The third-order valence-corrected chi connectivity index (χ3v) is 2.56. The first-order chi connectivity index (χ1) is 6.01. The molecule has 0 fully saturated rings. The normalized spacial score (nSPS) is 12.3.